The van der Waals surface area contributed by atoms with Crippen molar-refractivity contribution >= 4 is 17.5 Å². The zero-order chi connectivity index (χ0) is 11.4. The van der Waals surface area contributed by atoms with Gasteiger partial charge < -0.3 is 5.11 Å². The van der Waals surface area contributed by atoms with Gasteiger partial charge >= 0.3 is 0 Å². The predicted octanol–water partition coefficient (Wildman–Crippen LogP) is 1.76. The number of carbonyl (C=O) groups excluding carboxylic acids is 1. The number of benzene rings is 1. The van der Waals surface area contributed by atoms with Crippen molar-refractivity contribution in [2.45, 2.75) is 5.88 Å². The molecule has 0 unspecified atom stereocenters. The van der Waals surface area contributed by atoms with Crippen molar-refractivity contribution in [1.82, 2.24) is 5.06 Å². The maximum Gasteiger partial charge on any atom is 0.280 e. The van der Waals surface area contributed by atoms with Gasteiger partial charge in [-0.25, -0.2) is 5.06 Å². The van der Waals surface area contributed by atoms with Gasteiger partial charge in [0.25, 0.3) is 5.91 Å². The highest BCUT2D eigenvalue weighted by atomic mass is 35.5. The van der Waals surface area contributed by atoms with Gasteiger partial charge in [0, 0.05) is 12.9 Å². The van der Waals surface area contributed by atoms with Gasteiger partial charge in [-0.2, -0.15) is 0 Å². The van der Waals surface area contributed by atoms with E-state index in [0.29, 0.717) is 5.88 Å². The highest BCUT2D eigenvalue weighted by molar-refractivity contribution is 6.17. The van der Waals surface area contributed by atoms with Gasteiger partial charge in [0.15, 0.2) is 0 Å². The first-order valence-electron chi connectivity index (χ1n) is 4.30. The molecule has 82 valence electrons. The van der Waals surface area contributed by atoms with E-state index in [2.05, 4.69) is 0 Å². The molecule has 0 heterocycles. The highest BCUT2D eigenvalue weighted by Gasteiger charge is 2.15. The van der Waals surface area contributed by atoms with E-state index in [-0.39, 0.29) is 11.3 Å². The van der Waals surface area contributed by atoms with Crippen LogP contribution in [0, 0.1) is 0 Å². The van der Waals surface area contributed by atoms with Crippen molar-refractivity contribution in [1.29, 1.82) is 0 Å². The lowest BCUT2D eigenvalue weighted by molar-refractivity contribution is -0.0758. The molecule has 0 saturated carbocycles. The second-order valence-electron chi connectivity index (χ2n) is 2.97. The number of aromatic hydroxyl groups is 1. The number of phenols is 1. The first kappa shape index (κ1) is 11.8. The van der Waals surface area contributed by atoms with Crippen LogP contribution in [0.15, 0.2) is 18.2 Å². The van der Waals surface area contributed by atoms with Gasteiger partial charge in [0.1, 0.15) is 5.75 Å². The SMILES string of the molecule is CON(C)C(=O)c1ccc(CCl)cc1O. The molecule has 15 heavy (non-hydrogen) atoms. The molecule has 1 aromatic rings. The van der Waals surface area contributed by atoms with Crippen LogP contribution in [-0.4, -0.2) is 30.2 Å². The third-order valence-electron chi connectivity index (χ3n) is 2.01. The van der Waals surface area contributed by atoms with Crippen molar-refractivity contribution in [3.05, 3.63) is 29.3 Å². The van der Waals surface area contributed by atoms with Gasteiger partial charge in [-0.05, 0) is 17.7 Å². The largest absolute Gasteiger partial charge is 0.507 e. The number of amides is 1. The molecule has 0 atom stereocenters. The van der Waals surface area contributed by atoms with Crippen molar-refractivity contribution in [3.63, 3.8) is 0 Å². The first-order valence-corrected chi connectivity index (χ1v) is 4.83. The number of alkyl halides is 1. The summed E-state index contributed by atoms with van der Waals surface area (Å²) in [6.07, 6.45) is 0. The fourth-order valence-corrected chi connectivity index (χ4v) is 1.26. The Morgan fingerprint density at radius 2 is 2.27 bits per heavy atom. The summed E-state index contributed by atoms with van der Waals surface area (Å²) in [5.74, 6) is -0.208. The average Bonchev–Trinajstić information content (AvgIpc) is 2.26. The predicted molar refractivity (Wildman–Crippen MR) is 56.8 cm³/mol. The molecule has 0 radical (unpaired) electrons. The van der Waals surface area contributed by atoms with E-state index in [4.69, 9.17) is 16.4 Å². The zero-order valence-corrected chi connectivity index (χ0v) is 9.28. The molecule has 0 saturated heterocycles. The average molecular weight is 230 g/mol. The number of phenolic OH excluding ortho intramolecular Hbond substituents is 1. The number of rotatable bonds is 3. The minimum atomic E-state index is -0.406. The van der Waals surface area contributed by atoms with Crippen LogP contribution in [0.25, 0.3) is 0 Å². The Morgan fingerprint density at radius 3 is 2.73 bits per heavy atom. The van der Waals surface area contributed by atoms with Gasteiger partial charge in [-0.15, -0.1) is 11.6 Å². The van der Waals surface area contributed by atoms with Crippen LogP contribution >= 0.6 is 11.6 Å². The van der Waals surface area contributed by atoms with Crippen LogP contribution in [0.3, 0.4) is 0 Å². The maximum atomic E-state index is 11.6. The van der Waals surface area contributed by atoms with Crippen LogP contribution in [0.4, 0.5) is 0 Å². The molecule has 0 fully saturated rings. The van der Waals surface area contributed by atoms with Gasteiger partial charge in [0.05, 0.1) is 12.7 Å². The number of nitrogens with zero attached hydrogens (tertiary/aromatic N) is 1. The van der Waals surface area contributed by atoms with E-state index in [9.17, 15) is 9.90 Å². The number of hydroxylamine groups is 2. The van der Waals surface area contributed by atoms with E-state index in [0.717, 1.165) is 10.6 Å². The Kier molecular flexibility index (Phi) is 3.94. The van der Waals surface area contributed by atoms with Crippen molar-refractivity contribution in [3.8, 4) is 5.75 Å². The summed E-state index contributed by atoms with van der Waals surface area (Å²) in [7, 11) is 2.85. The van der Waals surface area contributed by atoms with E-state index < -0.39 is 5.91 Å². The summed E-state index contributed by atoms with van der Waals surface area (Å²) >= 11 is 5.59. The number of halogens is 1. The molecule has 1 amide bonds. The van der Waals surface area contributed by atoms with Gasteiger partial charge in [-0.1, -0.05) is 6.07 Å². The molecule has 1 aromatic carbocycles. The second kappa shape index (κ2) is 5.00. The van der Waals surface area contributed by atoms with E-state index >= 15 is 0 Å². The number of carbonyl (C=O) groups is 1. The fourth-order valence-electron chi connectivity index (χ4n) is 1.09. The molecule has 1 N–H and O–H groups in total. The highest BCUT2D eigenvalue weighted by Crippen LogP contribution is 2.21. The van der Waals surface area contributed by atoms with Crippen LogP contribution in [-0.2, 0) is 10.7 Å². The lowest BCUT2D eigenvalue weighted by Gasteiger charge is -2.14. The summed E-state index contributed by atoms with van der Waals surface area (Å²) in [6, 6.07) is 4.66. The van der Waals surface area contributed by atoms with Crippen LogP contribution < -0.4 is 0 Å². The molecule has 0 aliphatic carbocycles. The Bertz CT molecular complexity index is 368. The van der Waals surface area contributed by atoms with Crippen molar-refractivity contribution < 1.29 is 14.7 Å². The van der Waals surface area contributed by atoms with E-state index in [1.54, 1.807) is 6.07 Å². The third kappa shape index (κ3) is 2.61. The minimum absolute atomic E-state index is 0.0953. The molecule has 5 heteroatoms. The molecular weight excluding hydrogens is 218 g/mol. The summed E-state index contributed by atoms with van der Waals surface area (Å²) in [5.41, 5.74) is 0.944. The number of hydrogen-bond acceptors (Lipinski definition) is 3. The molecule has 1 rings (SSSR count). The summed E-state index contributed by atoms with van der Waals surface area (Å²) < 4.78 is 0. The fraction of sp³-hybridized carbons (Fsp3) is 0.300. The molecular formula is C10H12ClNO3. The quantitative estimate of drug-likeness (QED) is 0.635. The van der Waals surface area contributed by atoms with E-state index in [1.807, 2.05) is 0 Å². The third-order valence-corrected chi connectivity index (χ3v) is 2.32. The zero-order valence-electron chi connectivity index (χ0n) is 8.53. The van der Waals surface area contributed by atoms with Gasteiger partial charge in [-0.3, -0.25) is 9.63 Å². The van der Waals surface area contributed by atoms with Gasteiger partial charge in [0.2, 0.25) is 0 Å². The lowest BCUT2D eigenvalue weighted by Crippen LogP contribution is -2.25. The van der Waals surface area contributed by atoms with Crippen LogP contribution in [0.5, 0.6) is 5.75 Å². The lowest BCUT2D eigenvalue weighted by atomic mass is 10.1. The summed E-state index contributed by atoms with van der Waals surface area (Å²) in [5, 5.41) is 10.6. The summed E-state index contributed by atoms with van der Waals surface area (Å²) in [4.78, 5) is 16.3. The topological polar surface area (TPSA) is 49.8 Å². The van der Waals surface area contributed by atoms with E-state index in [1.165, 1.54) is 26.3 Å². The van der Waals surface area contributed by atoms with Crippen molar-refractivity contribution in [2.75, 3.05) is 14.2 Å². The summed E-state index contributed by atoms with van der Waals surface area (Å²) in [6.45, 7) is 0. The second-order valence-corrected chi connectivity index (χ2v) is 3.24. The molecule has 0 aliphatic rings. The molecule has 0 spiro atoms. The minimum Gasteiger partial charge on any atom is -0.507 e. The standard InChI is InChI=1S/C10H12ClNO3/c1-12(15-2)10(14)8-4-3-7(6-11)5-9(8)13/h3-5,13H,6H2,1-2H3. The van der Waals surface area contributed by atoms with Crippen LogP contribution in [0.2, 0.25) is 0 Å². The normalized spacial score (nSPS) is 10.1. The Morgan fingerprint density at radius 1 is 1.60 bits per heavy atom. The maximum absolute atomic E-state index is 11.6. The Labute approximate surface area is 93.0 Å². The van der Waals surface area contributed by atoms with Crippen LogP contribution in [0.1, 0.15) is 15.9 Å². The molecule has 0 bridgehead atoms. The Balaban J connectivity index is 3.00. The number of hydrogen-bond donors (Lipinski definition) is 1. The van der Waals surface area contributed by atoms with Crippen molar-refractivity contribution in [2.24, 2.45) is 0 Å². The Hall–Kier alpha value is -1.26. The first-order chi connectivity index (χ1) is 7.10. The molecule has 0 aliphatic heterocycles. The molecule has 0 aromatic heterocycles. The molecule has 4 nitrogen and oxygen atoms in total. The smallest absolute Gasteiger partial charge is 0.280 e. The monoisotopic (exact) mass is 229 g/mol.